The molecule has 0 bridgehead atoms. The van der Waals surface area contributed by atoms with Gasteiger partial charge in [0.05, 0.1) is 24.5 Å². The van der Waals surface area contributed by atoms with Gasteiger partial charge in [-0.1, -0.05) is 18.7 Å². The molecule has 1 aromatic carbocycles. The molecule has 0 aromatic heterocycles. The first-order valence-electron chi connectivity index (χ1n) is 7.94. The van der Waals surface area contributed by atoms with Crippen LogP contribution in [-0.4, -0.2) is 50.9 Å². The monoisotopic (exact) mass is 404 g/mol. The van der Waals surface area contributed by atoms with E-state index in [1.165, 1.54) is 23.2 Å². The van der Waals surface area contributed by atoms with Crippen LogP contribution in [0.4, 0.5) is 13.2 Å². The van der Waals surface area contributed by atoms with Crippen molar-refractivity contribution < 1.29 is 31.1 Å². The van der Waals surface area contributed by atoms with E-state index < -0.39 is 33.8 Å². The molecule has 1 amide bonds. The van der Waals surface area contributed by atoms with E-state index in [9.17, 15) is 26.4 Å². The lowest BCUT2D eigenvalue weighted by Gasteiger charge is -2.16. The van der Waals surface area contributed by atoms with Crippen LogP contribution in [-0.2, 0) is 32.3 Å². The maximum Gasteiger partial charge on any atom is 0.416 e. The highest BCUT2D eigenvalue weighted by Crippen LogP contribution is 2.30. The van der Waals surface area contributed by atoms with Crippen LogP contribution >= 0.6 is 0 Å². The number of carbonyl (C=O) groups is 1. The summed E-state index contributed by atoms with van der Waals surface area (Å²) in [6, 6.07) is 4.73. The minimum absolute atomic E-state index is 0.117. The standard InChI is InChI=1S/C17H19F3N2O4S/c1-3-16(23)22-9-13(8-21-27(2,24)25)15(10-22)26-11-12-5-4-6-14(7-12)17(18,19)20/h3-8,13,15H,1,9-11H2,2H3/t13?,15-/m1/s1. The molecule has 2 atom stereocenters. The summed E-state index contributed by atoms with van der Waals surface area (Å²) < 4.78 is 70.0. The lowest BCUT2D eigenvalue weighted by molar-refractivity contribution is -0.137. The first-order chi connectivity index (χ1) is 12.5. The van der Waals surface area contributed by atoms with Crippen molar-refractivity contribution in [3.63, 3.8) is 0 Å². The summed E-state index contributed by atoms with van der Waals surface area (Å²) in [5.74, 6) is -0.854. The third kappa shape index (κ3) is 6.17. The Labute approximate surface area is 155 Å². The lowest BCUT2D eigenvalue weighted by atomic mass is 10.1. The average Bonchev–Trinajstić information content (AvgIpc) is 2.99. The third-order valence-corrected chi connectivity index (χ3v) is 4.46. The van der Waals surface area contributed by atoms with Gasteiger partial charge in [-0.05, 0) is 23.8 Å². The molecular formula is C17H19F3N2O4S. The molecule has 1 unspecified atom stereocenters. The number of halogens is 3. The molecule has 1 aromatic rings. The summed E-state index contributed by atoms with van der Waals surface area (Å²) in [6.45, 7) is 3.62. The minimum atomic E-state index is -4.46. The number of rotatable bonds is 6. The van der Waals surface area contributed by atoms with Gasteiger partial charge in [0, 0.05) is 25.2 Å². The van der Waals surface area contributed by atoms with Crippen LogP contribution in [0.5, 0.6) is 0 Å². The second-order valence-electron chi connectivity index (χ2n) is 6.15. The fraction of sp³-hybridized carbons (Fsp3) is 0.412. The largest absolute Gasteiger partial charge is 0.416 e. The van der Waals surface area contributed by atoms with Gasteiger partial charge in [-0.3, -0.25) is 4.79 Å². The highest BCUT2D eigenvalue weighted by Gasteiger charge is 2.35. The molecule has 0 aliphatic carbocycles. The highest BCUT2D eigenvalue weighted by molar-refractivity contribution is 7.89. The van der Waals surface area contributed by atoms with Crippen LogP contribution < -0.4 is 0 Å². The molecule has 10 heteroatoms. The van der Waals surface area contributed by atoms with E-state index in [0.717, 1.165) is 24.5 Å². The number of alkyl halides is 3. The summed E-state index contributed by atoms with van der Waals surface area (Å²) in [4.78, 5) is 13.2. The SMILES string of the molecule is C=CC(=O)N1CC(C=NS(C)(=O)=O)[C@H](OCc2cccc(C(F)(F)F)c2)C1. The van der Waals surface area contributed by atoms with E-state index >= 15 is 0 Å². The van der Waals surface area contributed by atoms with Crippen molar-refractivity contribution in [2.45, 2.75) is 18.9 Å². The van der Waals surface area contributed by atoms with Crippen LogP contribution in [0, 0.1) is 5.92 Å². The minimum Gasteiger partial charge on any atom is -0.371 e. The zero-order valence-corrected chi connectivity index (χ0v) is 15.3. The molecule has 1 aliphatic heterocycles. The van der Waals surface area contributed by atoms with E-state index in [4.69, 9.17) is 4.74 Å². The molecular weight excluding hydrogens is 385 g/mol. The fourth-order valence-electron chi connectivity index (χ4n) is 2.66. The predicted octanol–water partition coefficient (Wildman–Crippen LogP) is 2.27. The van der Waals surface area contributed by atoms with Crippen molar-refractivity contribution in [3.8, 4) is 0 Å². The maximum atomic E-state index is 12.8. The number of carbonyl (C=O) groups excluding carboxylic acids is 1. The molecule has 0 saturated carbocycles. The van der Waals surface area contributed by atoms with Crippen molar-refractivity contribution in [1.29, 1.82) is 0 Å². The summed E-state index contributed by atoms with van der Waals surface area (Å²) in [5.41, 5.74) is -0.467. The van der Waals surface area contributed by atoms with E-state index in [2.05, 4.69) is 11.0 Å². The second kappa shape index (κ2) is 8.22. The Hall–Kier alpha value is -2.20. The van der Waals surface area contributed by atoms with E-state index in [1.807, 2.05) is 0 Å². The van der Waals surface area contributed by atoms with Crippen LogP contribution in [0.3, 0.4) is 0 Å². The number of likely N-dealkylation sites (tertiary alicyclic amines) is 1. The Morgan fingerprint density at radius 1 is 1.41 bits per heavy atom. The Morgan fingerprint density at radius 3 is 2.70 bits per heavy atom. The van der Waals surface area contributed by atoms with Crippen molar-refractivity contribution in [1.82, 2.24) is 4.90 Å². The number of sulfonamides is 1. The van der Waals surface area contributed by atoms with Gasteiger partial charge in [0.1, 0.15) is 0 Å². The topological polar surface area (TPSA) is 76.0 Å². The van der Waals surface area contributed by atoms with Crippen LogP contribution in [0.15, 0.2) is 41.3 Å². The maximum absolute atomic E-state index is 12.8. The smallest absolute Gasteiger partial charge is 0.371 e. The van der Waals surface area contributed by atoms with Gasteiger partial charge in [0.15, 0.2) is 0 Å². The van der Waals surface area contributed by atoms with Crippen molar-refractivity contribution in [2.24, 2.45) is 10.3 Å². The molecule has 0 spiro atoms. The summed E-state index contributed by atoms with van der Waals surface area (Å²) in [6.07, 6.45) is -1.80. The van der Waals surface area contributed by atoms with Gasteiger partial charge < -0.3 is 9.64 Å². The first kappa shape index (κ1) is 21.1. The van der Waals surface area contributed by atoms with Crippen molar-refractivity contribution in [2.75, 3.05) is 19.3 Å². The quantitative estimate of drug-likeness (QED) is 0.538. The summed E-state index contributed by atoms with van der Waals surface area (Å²) >= 11 is 0. The summed E-state index contributed by atoms with van der Waals surface area (Å²) in [5, 5.41) is 0. The van der Waals surface area contributed by atoms with Crippen LogP contribution in [0.25, 0.3) is 0 Å². The molecule has 1 saturated heterocycles. The Bertz CT molecular complexity index is 837. The second-order valence-corrected chi connectivity index (χ2v) is 7.82. The molecule has 0 N–H and O–H groups in total. The highest BCUT2D eigenvalue weighted by atomic mass is 32.2. The van der Waals surface area contributed by atoms with Gasteiger partial charge >= 0.3 is 6.18 Å². The lowest BCUT2D eigenvalue weighted by Crippen LogP contribution is -2.28. The molecule has 0 radical (unpaired) electrons. The molecule has 148 valence electrons. The van der Waals surface area contributed by atoms with Crippen molar-refractivity contribution in [3.05, 3.63) is 48.0 Å². The van der Waals surface area contributed by atoms with Crippen molar-refractivity contribution >= 4 is 22.1 Å². The fourth-order valence-corrected chi connectivity index (χ4v) is 3.03. The average molecular weight is 404 g/mol. The molecule has 1 heterocycles. The van der Waals surface area contributed by atoms with E-state index in [0.29, 0.717) is 5.56 Å². The van der Waals surface area contributed by atoms with E-state index in [1.54, 1.807) is 0 Å². The Balaban J connectivity index is 2.12. The molecule has 1 aliphatic rings. The zero-order valence-electron chi connectivity index (χ0n) is 14.5. The number of ether oxygens (including phenoxy) is 1. The number of benzene rings is 1. The van der Waals surface area contributed by atoms with Gasteiger partial charge in [-0.2, -0.15) is 17.6 Å². The number of amides is 1. The molecule has 27 heavy (non-hydrogen) atoms. The predicted molar refractivity (Wildman–Crippen MR) is 93.6 cm³/mol. The third-order valence-electron chi connectivity index (χ3n) is 3.96. The zero-order chi connectivity index (χ0) is 20.2. The summed E-state index contributed by atoms with van der Waals surface area (Å²) in [7, 11) is -3.60. The molecule has 6 nitrogen and oxygen atoms in total. The number of hydrogen-bond donors (Lipinski definition) is 0. The van der Waals surface area contributed by atoms with Crippen LogP contribution in [0.1, 0.15) is 11.1 Å². The van der Waals surface area contributed by atoms with Gasteiger partial charge in [0.2, 0.25) is 15.9 Å². The molecule has 2 rings (SSSR count). The Morgan fingerprint density at radius 2 is 2.11 bits per heavy atom. The Kier molecular flexibility index (Phi) is 6.42. The van der Waals surface area contributed by atoms with E-state index in [-0.39, 0.29) is 25.6 Å². The van der Waals surface area contributed by atoms with Gasteiger partial charge in [0.25, 0.3) is 0 Å². The number of nitrogens with zero attached hydrogens (tertiary/aromatic N) is 2. The first-order valence-corrected chi connectivity index (χ1v) is 9.79. The van der Waals surface area contributed by atoms with Crippen LogP contribution in [0.2, 0.25) is 0 Å². The molecule has 1 fully saturated rings. The number of hydrogen-bond acceptors (Lipinski definition) is 4. The van der Waals surface area contributed by atoms with Gasteiger partial charge in [-0.15, -0.1) is 0 Å². The van der Waals surface area contributed by atoms with Gasteiger partial charge in [-0.25, -0.2) is 8.42 Å². The normalized spacial score (nSPS) is 21.0.